The smallest absolute Gasteiger partial charge is 0.197 e. The van der Waals surface area contributed by atoms with E-state index in [2.05, 4.69) is 26.0 Å². The molecule has 92 valence electrons. The average Bonchev–Trinajstić information content (AvgIpc) is 2.96. The highest BCUT2D eigenvalue weighted by atomic mass is 32.1. The Balaban J connectivity index is 2.01. The number of hydrogen-bond acceptors (Lipinski definition) is 5. The first kappa shape index (κ1) is 11.2. The topological polar surface area (TPSA) is 68.8 Å². The van der Waals surface area contributed by atoms with Gasteiger partial charge in [0.05, 0.1) is 17.6 Å². The van der Waals surface area contributed by atoms with Gasteiger partial charge < -0.3 is 4.57 Å². The van der Waals surface area contributed by atoms with Gasteiger partial charge >= 0.3 is 0 Å². The van der Waals surface area contributed by atoms with Crippen LogP contribution in [0.1, 0.15) is 10.7 Å². The molecule has 0 radical (unpaired) electrons. The van der Waals surface area contributed by atoms with Crippen molar-refractivity contribution < 1.29 is 0 Å². The van der Waals surface area contributed by atoms with Crippen molar-refractivity contribution in [2.75, 3.05) is 5.43 Å². The van der Waals surface area contributed by atoms with Crippen LogP contribution in [0, 0.1) is 6.92 Å². The van der Waals surface area contributed by atoms with Crippen molar-refractivity contribution in [3.05, 3.63) is 41.2 Å². The van der Waals surface area contributed by atoms with Crippen molar-refractivity contribution in [3.63, 3.8) is 0 Å². The molecular weight excluding hydrogens is 246 g/mol. The molecule has 0 fully saturated rings. The summed E-state index contributed by atoms with van der Waals surface area (Å²) < 4.78 is 2.18. The van der Waals surface area contributed by atoms with Crippen molar-refractivity contribution in [1.29, 1.82) is 0 Å². The van der Waals surface area contributed by atoms with E-state index in [9.17, 15) is 0 Å². The van der Waals surface area contributed by atoms with E-state index in [1.54, 1.807) is 11.3 Å². The molecule has 0 aliphatic carbocycles. The van der Waals surface area contributed by atoms with E-state index in [1.165, 1.54) is 0 Å². The summed E-state index contributed by atoms with van der Waals surface area (Å²) in [5.41, 5.74) is 4.73. The van der Waals surface area contributed by atoms with Gasteiger partial charge in [-0.15, -0.1) is 0 Å². The molecule has 18 heavy (non-hydrogen) atoms. The van der Waals surface area contributed by atoms with Crippen molar-refractivity contribution in [1.82, 2.24) is 14.5 Å². The summed E-state index contributed by atoms with van der Waals surface area (Å²) in [5.74, 6) is 6.34. The van der Waals surface area contributed by atoms with Gasteiger partial charge in [-0.25, -0.2) is 15.8 Å². The summed E-state index contributed by atoms with van der Waals surface area (Å²) in [4.78, 5) is 9.86. The van der Waals surface area contributed by atoms with Gasteiger partial charge in [-0.2, -0.15) is 0 Å². The third-order valence-electron chi connectivity index (χ3n) is 2.84. The number of nitrogens with two attached hydrogens (primary N) is 1. The molecule has 0 aliphatic rings. The van der Waals surface area contributed by atoms with E-state index < -0.39 is 0 Å². The van der Waals surface area contributed by atoms with Gasteiger partial charge in [0, 0.05) is 11.1 Å². The predicted molar refractivity (Wildman–Crippen MR) is 73.5 cm³/mol. The van der Waals surface area contributed by atoms with E-state index in [4.69, 9.17) is 5.84 Å². The predicted octanol–water partition coefficient (Wildman–Crippen LogP) is 2.14. The first-order chi connectivity index (χ1) is 8.78. The number of benzene rings is 1. The minimum absolute atomic E-state index is 0.729. The van der Waals surface area contributed by atoms with Crippen LogP contribution in [0.3, 0.4) is 0 Å². The van der Waals surface area contributed by atoms with Gasteiger partial charge in [-0.1, -0.05) is 23.5 Å². The van der Waals surface area contributed by atoms with Crippen molar-refractivity contribution in [3.8, 4) is 0 Å². The number of aromatic nitrogens is 3. The number of thiazole rings is 1. The molecule has 3 N–H and O–H groups in total. The fourth-order valence-corrected chi connectivity index (χ4v) is 2.71. The Morgan fingerprint density at radius 3 is 3.00 bits per heavy atom. The summed E-state index contributed by atoms with van der Waals surface area (Å²) in [5, 5.41) is 0.729. The third kappa shape index (κ3) is 1.85. The Kier molecular flexibility index (Phi) is 2.73. The highest BCUT2D eigenvalue weighted by Gasteiger charge is 2.08. The molecule has 0 saturated carbocycles. The molecule has 5 nitrogen and oxygen atoms in total. The Hall–Kier alpha value is -1.92. The zero-order valence-electron chi connectivity index (χ0n) is 9.92. The maximum atomic E-state index is 5.34. The SMILES string of the molecule is Cc1nc2ccccc2n1Cc1cnc(NN)s1. The van der Waals surface area contributed by atoms with Crippen LogP contribution < -0.4 is 11.3 Å². The van der Waals surface area contributed by atoms with Crippen LogP contribution in [0.4, 0.5) is 5.13 Å². The van der Waals surface area contributed by atoms with E-state index in [1.807, 2.05) is 31.3 Å². The number of hydrazine groups is 1. The van der Waals surface area contributed by atoms with E-state index in [0.717, 1.165) is 33.4 Å². The quantitative estimate of drug-likeness (QED) is 0.558. The van der Waals surface area contributed by atoms with Crippen LogP contribution >= 0.6 is 11.3 Å². The summed E-state index contributed by atoms with van der Waals surface area (Å²) in [6, 6.07) is 8.14. The van der Waals surface area contributed by atoms with Crippen LogP contribution in [-0.2, 0) is 6.54 Å². The van der Waals surface area contributed by atoms with Crippen molar-refractivity contribution >= 4 is 27.5 Å². The first-order valence-corrected chi connectivity index (χ1v) is 6.43. The molecule has 3 rings (SSSR count). The van der Waals surface area contributed by atoms with Crippen LogP contribution in [0.2, 0.25) is 0 Å². The maximum absolute atomic E-state index is 5.34. The molecule has 0 bridgehead atoms. The van der Waals surface area contributed by atoms with E-state index in [0.29, 0.717) is 0 Å². The lowest BCUT2D eigenvalue weighted by atomic mass is 10.3. The third-order valence-corrected chi connectivity index (χ3v) is 3.75. The molecule has 0 atom stereocenters. The highest BCUT2D eigenvalue weighted by Crippen LogP contribution is 2.22. The fraction of sp³-hybridized carbons (Fsp3) is 0.167. The Labute approximate surface area is 108 Å². The molecule has 0 spiro atoms. The molecule has 6 heteroatoms. The molecule has 0 aliphatic heterocycles. The molecular formula is C12H13N5S. The molecule has 0 unspecified atom stereocenters. The first-order valence-electron chi connectivity index (χ1n) is 5.61. The number of rotatable bonds is 3. The van der Waals surface area contributed by atoms with Gasteiger partial charge in [-0.05, 0) is 19.1 Å². The van der Waals surface area contributed by atoms with Crippen molar-refractivity contribution in [2.45, 2.75) is 13.5 Å². The Morgan fingerprint density at radius 1 is 1.39 bits per heavy atom. The average molecular weight is 259 g/mol. The van der Waals surface area contributed by atoms with Gasteiger partial charge in [0.15, 0.2) is 5.13 Å². The minimum Gasteiger partial charge on any atom is -0.323 e. The lowest BCUT2D eigenvalue weighted by molar-refractivity contribution is 0.795. The second-order valence-corrected chi connectivity index (χ2v) is 5.13. The molecule has 2 heterocycles. The van der Waals surface area contributed by atoms with Gasteiger partial charge in [0.2, 0.25) is 0 Å². The minimum atomic E-state index is 0.729. The van der Waals surface area contributed by atoms with Crippen molar-refractivity contribution in [2.24, 2.45) is 5.84 Å². The summed E-state index contributed by atoms with van der Waals surface area (Å²) >= 11 is 1.55. The maximum Gasteiger partial charge on any atom is 0.197 e. The second kappa shape index (κ2) is 4.40. The summed E-state index contributed by atoms with van der Waals surface area (Å²) in [7, 11) is 0. The van der Waals surface area contributed by atoms with E-state index in [-0.39, 0.29) is 0 Å². The Bertz CT molecular complexity index is 685. The number of hydrogen-bond donors (Lipinski definition) is 2. The number of aryl methyl sites for hydroxylation is 1. The molecule has 3 aromatic rings. The zero-order valence-corrected chi connectivity index (χ0v) is 10.7. The Morgan fingerprint density at radius 2 is 2.22 bits per heavy atom. The number of fused-ring (bicyclic) bond motifs is 1. The second-order valence-electron chi connectivity index (χ2n) is 4.01. The monoisotopic (exact) mass is 259 g/mol. The number of nitrogens with zero attached hydrogens (tertiary/aromatic N) is 3. The van der Waals surface area contributed by atoms with Crippen LogP contribution in [-0.4, -0.2) is 14.5 Å². The zero-order chi connectivity index (χ0) is 12.5. The summed E-state index contributed by atoms with van der Waals surface area (Å²) in [6.45, 7) is 2.79. The number of anilines is 1. The number of nitrogens with one attached hydrogen (secondary N) is 1. The van der Waals surface area contributed by atoms with Crippen LogP contribution in [0.25, 0.3) is 11.0 Å². The molecule has 0 saturated heterocycles. The fourth-order valence-electron chi connectivity index (χ4n) is 2.00. The summed E-state index contributed by atoms with van der Waals surface area (Å²) in [6.07, 6.45) is 1.84. The van der Waals surface area contributed by atoms with Crippen LogP contribution in [0.5, 0.6) is 0 Å². The molecule has 1 aromatic carbocycles. The molecule has 0 amide bonds. The van der Waals surface area contributed by atoms with E-state index >= 15 is 0 Å². The van der Waals surface area contributed by atoms with Gasteiger partial charge in [0.1, 0.15) is 5.82 Å². The molecule has 2 aromatic heterocycles. The largest absolute Gasteiger partial charge is 0.323 e. The standard InChI is InChI=1S/C12H13N5S/c1-8-15-10-4-2-3-5-11(10)17(8)7-9-6-14-12(16-13)18-9/h2-6H,7,13H2,1H3,(H,14,16). The lowest BCUT2D eigenvalue weighted by Crippen LogP contribution is -2.05. The lowest BCUT2D eigenvalue weighted by Gasteiger charge is -2.03. The van der Waals surface area contributed by atoms with Gasteiger partial charge in [-0.3, -0.25) is 5.43 Å². The number of imidazole rings is 1. The number of nitrogen functional groups attached to an aromatic ring is 1. The van der Waals surface area contributed by atoms with Crippen LogP contribution in [0.15, 0.2) is 30.5 Å². The highest BCUT2D eigenvalue weighted by molar-refractivity contribution is 7.15. The normalized spacial score (nSPS) is 11.0. The van der Waals surface area contributed by atoms with Gasteiger partial charge in [0.25, 0.3) is 0 Å². The number of para-hydroxylation sites is 2.